The van der Waals surface area contributed by atoms with Crippen molar-refractivity contribution in [2.75, 3.05) is 16.7 Å². The van der Waals surface area contributed by atoms with Crippen LogP contribution in [0.3, 0.4) is 0 Å². The Bertz CT molecular complexity index is 893. The van der Waals surface area contributed by atoms with Crippen molar-refractivity contribution in [3.8, 4) is 0 Å². The zero-order valence-corrected chi connectivity index (χ0v) is 15.2. The molecule has 2 aromatic rings. The number of amides is 1. The maximum absolute atomic E-state index is 12.9. The average molecular weight is 362 g/mol. The molecule has 0 unspecified atom stereocenters. The number of nitrogens with one attached hydrogen (secondary N) is 1. The first-order chi connectivity index (χ1) is 11.3. The van der Waals surface area contributed by atoms with Gasteiger partial charge in [-0.1, -0.05) is 17.7 Å². The van der Waals surface area contributed by atoms with Gasteiger partial charge < -0.3 is 5.32 Å². The molecule has 0 aromatic heterocycles. The Balaban J connectivity index is 1.97. The Morgan fingerprint density at radius 1 is 1.12 bits per heavy atom. The molecule has 0 bridgehead atoms. The summed E-state index contributed by atoms with van der Waals surface area (Å²) in [6.07, 6.45) is 0. The number of carbonyl (C=O) groups excluding carboxylic acids is 1. The van der Waals surface area contributed by atoms with E-state index in [0.717, 1.165) is 10.5 Å². The first-order valence-corrected chi connectivity index (χ1v) is 9.78. The molecule has 1 aliphatic rings. The highest BCUT2D eigenvalue weighted by atomic mass is 32.2. The lowest BCUT2D eigenvalue weighted by atomic mass is 10.2. The van der Waals surface area contributed by atoms with Gasteiger partial charge in [0, 0.05) is 11.9 Å². The van der Waals surface area contributed by atoms with E-state index < -0.39 is 10.0 Å². The number of rotatable bonds is 3. The zero-order chi connectivity index (χ0) is 17.5. The molecule has 3 rings (SSSR count). The maximum atomic E-state index is 12.9. The Kier molecular flexibility index (Phi) is 4.31. The molecule has 24 heavy (non-hydrogen) atoms. The Morgan fingerprint density at radius 3 is 2.46 bits per heavy atom. The third kappa shape index (κ3) is 3.01. The fourth-order valence-corrected chi connectivity index (χ4v) is 4.55. The number of carbonyl (C=O) groups is 1. The van der Waals surface area contributed by atoms with Crippen molar-refractivity contribution in [1.29, 1.82) is 0 Å². The summed E-state index contributed by atoms with van der Waals surface area (Å²) in [5.41, 5.74) is 2.19. The first-order valence-electron chi connectivity index (χ1n) is 7.46. The average Bonchev–Trinajstić information content (AvgIpc) is 2.55. The molecule has 1 aliphatic heterocycles. The molecule has 1 amide bonds. The van der Waals surface area contributed by atoms with Crippen LogP contribution in [0.15, 0.2) is 52.3 Å². The van der Waals surface area contributed by atoms with Crippen LogP contribution < -0.4 is 9.62 Å². The van der Waals surface area contributed by atoms with E-state index in [-0.39, 0.29) is 16.1 Å². The van der Waals surface area contributed by atoms with Crippen LogP contribution >= 0.6 is 11.8 Å². The molecule has 7 heteroatoms. The van der Waals surface area contributed by atoms with E-state index in [4.69, 9.17) is 0 Å². The molecule has 2 aromatic carbocycles. The van der Waals surface area contributed by atoms with Crippen molar-refractivity contribution >= 4 is 39.1 Å². The smallest absolute Gasteiger partial charge is 0.264 e. The first kappa shape index (κ1) is 16.9. The van der Waals surface area contributed by atoms with Crippen molar-refractivity contribution in [2.24, 2.45) is 0 Å². The van der Waals surface area contributed by atoms with Crippen LogP contribution in [0.25, 0.3) is 0 Å². The number of thioether (sulfide) groups is 1. The predicted octanol–water partition coefficient (Wildman–Crippen LogP) is 3.25. The lowest BCUT2D eigenvalue weighted by molar-refractivity contribution is -0.115. The van der Waals surface area contributed by atoms with Crippen LogP contribution in [0, 0.1) is 6.92 Å². The number of anilines is 2. The maximum Gasteiger partial charge on any atom is 0.264 e. The van der Waals surface area contributed by atoms with E-state index in [0.29, 0.717) is 11.4 Å². The van der Waals surface area contributed by atoms with E-state index in [1.165, 1.54) is 29.2 Å². The second kappa shape index (κ2) is 6.14. The summed E-state index contributed by atoms with van der Waals surface area (Å²) in [7, 11) is -2.17. The molecule has 1 atom stereocenters. The summed E-state index contributed by atoms with van der Waals surface area (Å²) >= 11 is 1.43. The summed E-state index contributed by atoms with van der Waals surface area (Å²) in [4.78, 5) is 12.8. The molecule has 1 N–H and O–H groups in total. The van der Waals surface area contributed by atoms with Crippen LogP contribution in [0.2, 0.25) is 0 Å². The van der Waals surface area contributed by atoms with Gasteiger partial charge in [-0.3, -0.25) is 9.10 Å². The van der Waals surface area contributed by atoms with Gasteiger partial charge >= 0.3 is 0 Å². The summed E-state index contributed by atoms with van der Waals surface area (Å²) in [5.74, 6) is -0.117. The minimum Gasteiger partial charge on any atom is -0.324 e. The third-order valence-electron chi connectivity index (χ3n) is 3.94. The van der Waals surface area contributed by atoms with Crippen molar-refractivity contribution < 1.29 is 13.2 Å². The number of sulfonamides is 1. The normalized spacial score (nSPS) is 17.1. The van der Waals surface area contributed by atoms with Crippen molar-refractivity contribution in [2.45, 2.75) is 28.9 Å². The van der Waals surface area contributed by atoms with Gasteiger partial charge in [0.05, 0.1) is 21.5 Å². The van der Waals surface area contributed by atoms with Gasteiger partial charge in [0.2, 0.25) is 5.91 Å². The van der Waals surface area contributed by atoms with Gasteiger partial charge in [-0.2, -0.15) is 0 Å². The van der Waals surface area contributed by atoms with E-state index in [1.807, 2.05) is 26.0 Å². The molecule has 1 heterocycles. The lowest BCUT2D eigenvalue weighted by Gasteiger charge is -2.24. The predicted molar refractivity (Wildman–Crippen MR) is 97.2 cm³/mol. The van der Waals surface area contributed by atoms with Gasteiger partial charge in [-0.05, 0) is 44.2 Å². The molecule has 0 fully saturated rings. The van der Waals surface area contributed by atoms with Gasteiger partial charge in [0.1, 0.15) is 0 Å². The van der Waals surface area contributed by atoms with Crippen LogP contribution in [0.5, 0.6) is 0 Å². The summed E-state index contributed by atoms with van der Waals surface area (Å²) in [6.45, 7) is 3.77. The number of fused-ring (bicyclic) bond motifs is 1. The van der Waals surface area contributed by atoms with E-state index >= 15 is 0 Å². The number of hydrogen-bond acceptors (Lipinski definition) is 4. The minimum absolute atomic E-state index is 0.117. The topological polar surface area (TPSA) is 66.5 Å². The lowest BCUT2D eigenvalue weighted by Crippen LogP contribution is -2.28. The zero-order valence-electron chi connectivity index (χ0n) is 13.6. The molecular weight excluding hydrogens is 344 g/mol. The van der Waals surface area contributed by atoms with Crippen molar-refractivity contribution in [1.82, 2.24) is 0 Å². The van der Waals surface area contributed by atoms with E-state index in [2.05, 4.69) is 5.32 Å². The van der Waals surface area contributed by atoms with Crippen LogP contribution in [0.1, 0.15) is 12.5 Å². The minimum atomic E-state index is -3.70. The molecule has 0 aliphatic carbocycles. The molecule has 0 saturated carbocycles. The van der Waals surface area contributed by atoms with Gasteiger partial charge in [-0.25, -0.2) is 8.42 Å². The Hall–Kier alpha value is -1.99. The molecule has 5 nitrogen and oxygen atoms in total. The number of hydrogen-bond donors (Lipinski definition) is 1. The summed E-state index contributed by atoms with van der Waals surface area (Å²) in [6, 6.07) is 12.1. The van der Waals surface area contributed by atoms with Crippen LogP contribution in [-0.2, 0) is 14.8 Å². The SMILES string of the molecule is Cc1ccc(N(C)S(=O)(=O)c2ccc3c(c2)NC(=O)[C@H](C)S3)cc1. The molecule has 0 spiro atoms. The third-order valence-corrected chi connectivity index (χ3v) is 6.90. The van der Waals surface area contributed by atoms with Crippen molar-refractivity contribution in [3.63, 3.8) is 0 Å². The number of aryl methyl sites for hydroxylation is 1. The quantitative estimate of drug-likeness (QED) is 0.910. The summed E-state index contributed by atoms with van der Waals surface area (Å²) < 4.78 is 27.0. The monoisotopic (exact) mass is 362 g/mol. The number of benzene rings is 2. The highest BCUT2D eigenvalue weighted by Gasteiger charge is 2.27. The molecule has 0 radical (unpaired) electrons. The molecule has 126 valence electrons. The van der Waals surface area contributed by atoms with Crippen LogP contribution in [0.4, 0.5) is 11.4 Å². The second-order valence-electron chi connectivity index (χ2n) is 5.72. The van der Waals surface area contributed by atoms with E-state index in [9.17, 15) is 13.2 Å². The fraction of sp³-hybridized carbons (Fsp3) is 0.235. The number of nitrogens with zero attached hydrogens (tertiary/aromatic N) is 1. The van der Waals surface area contributed by atoms with Gasteiger partial charge in [0.25, 0.3) is 10.0 Å². The van der Waals surface area contributed by atoms with Crippen LogP contribution in [-0.4, -0.2) is 26.6 Å². The van der Waals surface area contributed by atoms with Crippen molar-refractivity contribution in [3.05, 3.63) is 48.0 Å². The standard InChI is InChI=1S/C17H18N2O3S2/c1-11-4-6-13(7-5-11)19(3)24(21,22)14-8-9-16-15(10-14)18-17(20)12(2)23-16/h4-10,12H,1-3H3,(H,18,20)/t12-/m0/s1. The second-order valence-corrected chi connectivity index (χ2v) is 9.07. The molecular formula is C17H18N2O3S2. The molecule has 0 saturated heterocycles. The fourth-order valence-electron chi connectivity index (χ4n) is 2.40. The Labute approximate surface area is 146 Å². The highest BCUT2D eigenvalue weighted by molar-refractivity contribution is 8.01. The largest absolute Gasteiger partial charge is 0.324 e. The van der Waals surface area contributed by atoms with E-state index in [1.54, 1.807) is 24.3 Å². The highest BCUT2D eigenvalue weighted by Crippen LogP contribution is 2.37. The van der Waals surface area contributed by atoms with Gasteiger partial charge in [0.15, 0.2) is 0 Å². The Morgan fingerprint density at radius 2 is 1.79 bits per heavy atom. The summed E-state index contributed by atoms with van der Waals surface area (Å²) in [5, 5.41) is 2.58. The van der Waals surface area contributed by atoms with Gasteiger partial charge in [-0.15, -0.1) is 11.8 Å².